The molecule has 5 nitrogen and oxygen atoms in total. The summed E-state index contributed by atoms with van der Waals surface area (Å²) in [5.41, 5.74) is 0. The van der Waals surface area contributed by atoms with Gasteiger partial charge in [-0.1, -0.05) is 77.0 Å². The van der Waals surface area contributed by atoms with Crippen LogP contribution in [0.4, 0.5) is 4.79 Å². The van der Waals surface area contributed by atoms with Gasteiger partial charge >= 0.3 is 6.16 Å². The van der Waals surface area contributed by atoms with Gasteiger partial charge in [0.15, 0.2) is 0 Å². The Hall–Kier alpha value is -0.810. The minimum absolute atomic E-state index is 0.382. The highest BCUT2D eigenvalue weighted by Crippen LogP contribution is 2.33. The van der Waals surface area contributed by atoms with Gasteiger partial charge in [0, 0.05) is 24.2 Å². The van der Waals surface area contributed by atoms with Crippen LogP contribution in [-0.2, 0) is 9.68 Å². The fourth-order valence-corrected chi connectivity index (χ4v) is 6.43. The van der Waals surface area contributed by atoms with Crippen LogP contribution in [0.1, 0.15) is 128 Å². The van der Waals surface area contributed by atoms with E-state index >= 15 is 0 Å². The van der Waals surface area contributed by atoms with Crippen LogP contribution in [0.15, 0.2) is 0 Å². The van der Waals surface area contributed by atoms with Crippen molar-refractivity contribution in [2.75, 3.05) is 0 Å². The maximum absolute atomic E-state index is 13.1. The first-order chi connectivity index (χ1) is 14.8. The van der Waals surface area contributed by atoms with Crippen LogP contribution in [0, 0.1) is 0 Å². The summed E-state index contributed by atoms with van der Waals surface area (Å²) >= 11 is 0. The molecule has 0 heterocycles. The van der Waals surface area contributed by atoms with E-state index in [4.69, 9.17) is 9.68 Å². The molecule has 4 fully saturated rings. The molecule has 0 aromatic rings. The molecule has 4 saturated carbocycles. The Morgan fingerprint density at radius 2 is 0.667 bits per heavy atom. The summed E-state index contributed by atoms with van der Waals surface area (Å²) in [6, 6.07) is 1.53. The predicted molar refractivity (Wildman–Crippen MR) is 119 cm³/mol. The van der Waals surface area contributed by atoms with Crippen molar-refractivity contribution in [3.05, 3.63) is 0 Å². The largest absolute Gasteiger partial charge is 0.547 e. The zero-order chi connectivity index (χ0) is 20.6. The van der Waals surface area contributed by atoms with Crippen molar-refractivity contribution in [2.45, 2.75) is 153 Å². The van der Waals surface area contributed by atoms with Gasteiger partial charge in [-0.2, -0.15) is 4.79 Å². The topological polar surface area (TPSA) is 42.0 Å². The summed E-state index contributed by atoms with van der Waals surface area (Å²) < 4.78 is 0. The quantitative estimate of drug-likeness (QED) is 0.437. The smallest absolute Gasteiger partial charge is 0.334 e. The molecule has 0 bridgehead atoms. The first kappa shape index (κ1) is 22.4. The lowest BCUT2D eigenvalue weighted by Gasteiger charge is -2.41. The van der Waals surface area contributed by atoms with Gasteiger partial charge < -0.3 is 9.68 Å². The van der Waals surface area contributed by atoms with E-state index in [0.29, 0.717) is 24.2 Å². The molecule has 0 spiro atoms. The number of carbonyl (C=O) groups is 1. The lowest BCUT2D eigenvalue weighted by atomic mass is 9.90. The highest BCUT2D eigenvalue weighted by atomic mass is 16.9. The second kappa shape index (κ2) is 11.7. The maximum atomic E-state index is 13.1. The fraction of sp³-hybridized carbons (Fsp3) is 0.960. The molecular weight excluding hydrogens is 376 g/mol. The fourth-order valence-electron chi connectivity index (χ4n) is 6.43. The molecule has 0 aromatic carbocycles. The molecule has 0 atom stereocenters. The number of carbonyl (C=O) groups excluding carboxylic acids is 1. The lowest BCUT2D eigenvalue weighted by molar-refractivity contribution is -0.246. The van der Waals surface area contributed by atoms with Gasteiger partial charge in [-0.25, -0.2) is 0 Å². The Bertz CT molecular complexity index is 425. The average molecular weight is 421 g/mol. The van der Waals surface area contributed by atoms with Crippen molar-refractivity contribution in [3.8, 4) is 0 Å². The van der Waals surface area contributed by atoms with Gasteiger partial charge in [-0.3, -0.25) is 0 Å². The molecule has 0 unspecified atom stereocenters. The molecule has 0 aromatic heterocycles. The van der Waals surface area contributed by atoms with Crippen LogP contribution >= 0.6 is 0 Å². The monoisotopic (exact) mass is 420 g/mol. The maximum Gasteiger partial charge on any atom is 0.547 e. The second-order valence-electron chi connectivity index (χ2n) is 10.3. The Morgan fingerprint density at radius 1 is 0.433 bits per heavy atom. The van der Waals surface area contributed by atoms with Crippen molar-refractivity contribution >= 4 is 6.16 Å². The van der Waals surface area contributed by atoms with E-state index < -0.39 is 6.16 Å². The third kappa shape index (κ3) is 6.12. The highest BCUT2D eigenvalue weighted by molar-refractivity contribution is 5.59. The number of rotatable bonds is 6. The molecule has 4 rings (SSSR count). The van der Waals surface area contributed by atoms with Crippen LogP contribution in [0.5, 0.6) is 0 Å². The number of nitrogens with zero attached hydrogens (tertiary/aromatic N) is 2. The lowest BCUT2D eigenvalue weighted by Crippen LogP contribution is -2.49. The van der Waals surface area contributed by atoms with Crippen molar-refractivity contribution in [2.24, 2.45) is 0 Å². The third-order valence-corrected chi connectivity index (χ3v) is 8.10. The summed E-state index contributed by atoms with van der Waals surface area (Å²) in [4.78, 5) is 25.3. The molecule has 5 heteroatoms. The molecule has 4 aliphatic carbocycles. The summed E-state index contributed by atoms with van der Waals surface area (Å²) in [5, 5.41) is 4.20. The molecule has 0 amide bonds. The second-order valence-corrected chi connectivity index (χ2v) is 10.3. The zero-order valence-corrected chi connectivity index (χ0v) is 19.1. The van der Waals surface area contributed by atoms with E-state index in [1.54, 1.807) is 0 Å². The standard InChI is InChI=1S/C25H44N2O3/c28-25(29-26(21-13-5-1-6-14-21)22-15-7-2-8-16-22)30-27(23-17-9-3-10-18-23)24-19-11-4-12-20-24/h21-24H,1-20H2. The van der Waals surface area contributed by atoms with E-state index in [0.717, 1.165) is 51.4 Å². The van der Waals surface area contributed by atoms with E-state index in [9.17, 15) is 4.79 Å². The normalized spacial score (nSPS) is 26.2. The Labute approximate surface area is 183 Å². The molecule has 30 heavy (non-hydrogen) atoms. The zero-order valence-electron chi connectivity index (χ0n) is 19.1. The molecule has 4 aliphatic rings. The molecule has 0 N–H and O–H groups in total. The van der Waals surface area contributed by atoms with E-state index in [-0.39, 0.29) is 0 Å². The summed E-state index contributed by atoms with van der Waals surface area (Å²) in [5.74, 6) is 0. The molecule has 0 aliphatic heterocycles. The first-order valence-electron chi connectivity index (χ1n) is 13.3. The van der Waals surface area contributed by atoms with Crippen LogP contribution in [0.2, 0.25) is 0 Å². The first-order valence-corrected chi connectivity index (χ1v) is 13.3. The van der Waals surface area contributed by atoms with Crippen molar-refractivity contribution in [1.29, 1.82) is 0 Å². The molecule has 0 saturated heterocycles. The molecule has 172 valence electrons. The minimum Gasteiger partial charge on any atom is -0.334 e. The van der Waals surface area contributed by atoms with Gasteiger partial charge in [-0.15, -0.1) is 10.1 Å². The Kier molecular flexibility index (Phi) is 8.74. The van der Waals surface area contributed by atoms with Crippen LogP contribution in [0.3, 0.4) is 0 Å². The van der Waals surface area contributed by atoms with E-state index in [1.165, 1.54) is 77.0 Å². The SMILES string of the molecule is O=C(ON(C1CCCCC1)C1CCCCC1)ON(C1CCCCC1)C1CCCCC1. The predicted octanol–water partition coefficient (Wildman–Crippen LogP) is 6.90. The van der Waals surface area contributed by atoms with Crippen molar-refractivity contribution in [1.82, 2.24) is 10.1 Å². The Morgan fingerprint density at radius 3 is 0.900 bits per heavy atom. The highest BCUT2D eigenvalue weighted by Gasteiger charge is 2.36. The van der Waals surface area contributed by atoms with E-state index in [1.807, 2.05) is 0 Å². The number of hydrogen-bond donors (Lipinski definition) is 0. The summed E-state index contributed by atoms with van der Waals surface area (Å²) in [6.07, 6.45) is 24.0. The van der Waals surface area contributed by atoms with Gasteiger partial charge in [0.25, 0.3) is 0 Å². The number of hydrogen-bond acceptors (Lipinski definition) is 5. The molecule has 0 radical (unpaired) electrons. The van der Waals surface area contributed by atoms with Crippen molar-refractivity contribution in [3.63, 3.8) is 0 Å². The van der Waals surface area contributed by atoms with Crippen molar-refractivity contribution < 1.29 is 14.5 Å². The van der Waals surface area contributed by atoms with Gasteiger partial charge in [0.2, 0.25) is 0 Å². The van der Waals surface area contributed by atoms with Crippen LogP contribution < -0.4 is 0 Å². The minimum atomic E-state index is -0.470. The van der Waals surface area contributed by atoms with Gasteiger partial charge in [-0.05, 0) is 51.4 Å². The molecular formula is C25H44N2O3. The van der Waals surface area contributed by atoms with Gasteiger partial charge in [0.1, 0.15) is 0 Å². The summed E-state index contributed by atoms with van der Waals surface area (Å²) in [7, 11) is 0. The number of hydroxylamine groups is 4. The van der Waals surface area contributed by atoms with Gasteiger partial charge in [0.05, 0.1) is 0 Å². The van der Waals surface area contributed by atoms with Crippen LogP contribution in [-0.4, -0.2) is 40.4 Å². The van der Waals surface area contributed by atoms with E-state index in [2.05, 4.69) is 10.1 Å². The van der Waals surface area contributed by atoms with Crippen LogP contribution in [0.25, 0.3) is 0 Å². The average Bonchev–Trinajstić information content (AvgIpc) is 2.83. The Balaban J connectivity index is 1.41. The summed E-state index contributed by atoms with van der Waals surface area (Å²) in [6.45, 7) is 0. The third-order valence-electron chi connectivity index (χ3n) is 8.10.